The SMILES string of the molecule is COC(=O)C(N)C1(OC)CSC1. The van der Waals surface area contributed by atoms with Crippen LogP contribution in [0.1, 0.15) is 0 Å². The summed E-state index contributed by atoms with van der Waals surface area (Å²) in [6.45, 7) is 0. The van der Waals surface area contributed by atoms with E-state index in [0.29, 0.717) is 0 Å². The maximum atomic E-state index is 11.1. The van der Waals surface area contributed by atoms with Gasteiger partial charge >= 0.3 is 5.97 Å². The van der Waals surface area contributed by atoms with Crippen molar-refractivity contribution >= 4 is 17.7 Å². The van der Waals surface area contributed by atoms with Gasteiger partial charge in [-0.1, -0.05) is 0 Å². The van der Waals surface area contributed by atoms with Crippen LogP contribution in [-0.2, 0) is 14.3 Å². The van der Waals surface area contributed by atoms with Crippen molar-refractivity contribution in [1.29, 1.82) is 0 Å². The molecule has 1 aliphatic heterocycles. The van der Waals surface area contributed by atoms with E-state index < -0.39 is 17.6 Å². The summed E-state index contributed by atoms with van der Waals surface area (Å²) in [5.74, 6) is 1.12. The minimum absolute atomic E-state index is 0.405. The van der Waals surface area contributed by atoms with Crippen molar-refractivity contribution in [2.24, 2.45) is 5.73 Å². The molecule has 0 aromatic rings. The lowest BCUT2D eigenvalue weighted by atomic mass is 9.98. The number of nitrogens with two attached hydrogens (primary N) is 1. The van der Waals surface area contributed by atoms with E-state index in [1.807, 2.05) is 0 Å². The highest BCUT2D eigenvalue weighted by atomic mass is 32.2. The molecule has 70 valence electrons. The van der Waals surface area contributed by atoms with Crippen LogP contribution in [0.5, 0.6) is 0 Å². The van der Waals surface area contributed by atoms with Gasteiger partial charge in [0.2, 0.25) is 0 Å². The molecule has 0 amide bonds. The molecule has 12 heavy (non-hydrogen) atoms. The zero-order valence-electron chi connectivity index (χ0n) is 7.20. The quantitative estimate of drug-likeness (QED) is 0.616. The molecular weight excluding hydrogens is 178 g/mol. The van der Waals surface area contributed by atoms with E-state index in [1.165, 1.54) is 7.11 Å². The summed E-state index contributed by atoms with van der Waals surface area (Å²) in [5, 5.41) is 0. The van der Waals surface area contributed by atoms with Gasteiger partial charge in [-0.25, -0.2) is 0 Å². The third-order valence-corrected chi connectivity index (χ3v) is 3.51. The molecule has 1 saturated heterocycles. The molecule has 1 unspecified atom stereocenters. The van der Waals surface area contributed by atoms with Gasteiger partial charge < -0.3 is 15.2 Å². The van der Waals surface area contributed by atoms with Crippen LogP contribution in [0.25, 0.3) is 0 Å². The normalized spacial score (nSPS) is 22.6. The van der Waals surface area contributed by atoms with Crippen molar-refractivity contribution in [3.05, 3.63) is 0 Å². The minimum Gasteiger partial charge on any atom is -0.468 e. The van der Waals surface area contributed by atoms with Crippen molar-refractivity contribution < 1.29 is 14.3 Å². The van der Waals surface area contributed by atoms with E-state index in [-0.39, 0.29) is 0 Å². The van der Waals surface area contributed by atoms with Gasteiger partial charge in [-0.15, -0.1) is 0 Å². The minimum atomic E-state index is -0.659. The van der Waals surface area contributed by atoms with E-state index in [0.717, 1.165) is 11.5 Å². The van der Waals surface area contributed by atoms with Crippen LogP contribution >= 0.6 is 11.8 Å². The third-order valence-electron chi connectivity index (χ3n) is 2.12. The fraction of sp³-hybridized carbons (Fsp3) is 0.857. The Labute approximate surface area is 75.8 Å². The van der Waals surface area contributed by atoms with Crippen LogP contribution in [0.15, 0.2) is 0 Å². The summed E-state index contributed by atoms with van der Waals surface area (Å²) < 4.78 is 9.75. The zero-order chi connectivity index (χ0) is 9.19. The lowest BCUT2D eigenvalue weighted by molar-refractivity contribution is -0.149. The standard InChI is InChI=1S/C7H13NO3S/c1-10-6(9)5(8)7(11-2)3-12-4-7/h5H,3-4,8H2,1-2H3. The molecule has 1 atom stereocenters. The van der Waals surface area contributed by atoms with Crippen LogP contribution in [0.3, 0.4) is 0 Å². The number of esters is 1. The summed E-state index contributed by atoms with van der Waals surface area (Å²) in [6, 6.07) is -0.659. The predicted octanol–water partition coefficient (Wildman–Crippen LogP) is -0.381. The largest absolute Gasteiger partial charge is 0.468 e. The Morgan fingerprint density at radius 1 is 1.58 bits per heavy atom. The topological polar surface area (TPSA) is 61.5 Å². The smallest absolute Gasteiger partial charge is 0.325 e. The van der Waals surface area contributed by atoms with Crippen molar-refractivity contribution in [3.8, 4) is 0 Å². The molecule has 1 rings (SSSR count). The van der Waals surface area contributed by atoms with Crippen LogP contribution in [-0.4, -0.2) is 43.3 Å². The van der Waals surface area contributed by atoms with E-state index in [1.54, 1.807) is 18.9 Å². The average molecular weight is 191 g/mol. The highest BCUT2D eigenvalue weighted by Crippen LogP contribution is 2.34. The molecule has 2 N–H and O–H groups in total. The number of thioether (sulfide) groups is 1. The van der Waals surface area contributed by atoms with E-state index in [9.17, 15) is 4.79 Å². The van der Waals surface area contributed by atoms with Gasteiger partial charge in [-0.05, 0) is 0 Å². The first-order valence-corrected chi connectivity index (χ1v) is 4.78. The first-order valence-electron chi connectivity index (χ1n) is 3.62. The molecule has 1 heterocycles. The van der Waals surface area contributed by atoms with Crippen LogP contribution in [0, 0.1) is 0 Å². The zero-order valence-corrected chi connectivity index (χ0v) is 8.02. The monoisotopic (exact) mass is 191 g/mol. The summed E-state index contributed by atoms with van der Waals surface area (Å²) in [4.78, 5) is 11.1. The first-order chi connectivity index (χ1) is 5.66. The lowest BCUT2D eigenvalue weighted by Crippen LogP contribution is -2.62. The molecule has 0 bridgehead atoms. The van der Waals surface area contributed by atoms with Crippen LogP contribution < -0.4 is 5.73 Å². The van der Waals surface area contributed by atoms with Gasteiger partial charge in [-0.3, -0.25) is 4.79 Å². The second-order valence-electron chi connectivity index (χ2n) is 2.76. The summed E-state index contributed by atoms with van der Waals surface area (Å²) in [5.41, 5.74) is 5.18. The molecule has 5 heteroatoms. The Hall–Kier alpha value is -0.260. The third kappa shape index (κ3) is 1.44. The summed E-state index contributed by atoms with van der Waals surface area (Å²) in [7, 11) is 2.90. The first kappa shape index (κ1) is 9.83. The van der Waals surface area contributed by atoms with Gasteiger partial charge in [0.05, 0.1) is 7.11 Å². The number of methoxy groups -OCH3 is 2. The molecule has 0 aromatic carbocycles. The number of hydrogen-bond acceptors (Lipinski definition) is 5. The Bertz CT molecular complexity index is 176. The maximum Gasteiger partial charge on any atom is 0.325 e. The van der Waals surface area contributed by atoms with Crippen molar-refractivity contribution in [2.75, 3.05) is 25.7 Å². The molecule has 0 spiro atoms. The van der Waals surface area contributed by atoms with Crippen LogP contribution in [0.2, 0.25) is 0 Å². The second kappa shape index (κ2) is 3.64. The van der Waals surface area contributed by atoms with Gasteiger partial charge in [0.1, 0.15) is 11.6 Å². The van der Waals surface area contributed by atoms with Gasteiger partial charge in [0, 0.05) is 18.6 Å². The van der Waals surface area contributed by atoms with Crippen molar-refractivity contribution in [3.63, 3.8) is 0 Å². The van der Waals surface area contributed by atoms with E-state index in [4.69, 9.17) is 10.5 Å². The molecular formula is C7H13NO3S. The Morgan fingerprint density at radius 3 is 2.42 bits per heavy atom. The molecule has 0 aromatic heterocycles. The molecule has 1 aliphatic rings. The molecule has 0 aliphatic carbocycles. The Kier molecular flexibility index (Phi) is 2.98. The van der Waals surface area contributed by atoms with Crippen molar-refractivity contribution in [2.45, 2.75) is 11.6 Å². The number of ether oxygens (including phenoxy) is 2. The highest BCUT2D eigenvalue weighted by Gasteiger charge is 2.47. The maximum absolute atomic E-state index is 11.1. The molecule has 0 saturated carbocycles. The second-order valence-corrected chi connectivity index (χ2v) is 3.75. The predicted molar refractivity (Wildman–Crippen MR) is 47.1 cm³/mol. The lowest BCUT2D eigenvalue weighted by Gasteiger charge is -2.42. The Balaban J connectivity index is 2.59. The number of rotatable bonds is 3. The molecule has 4 nitrogen and oxygen atoms in total. The average Bonchev–Trinajstić information content (AvgIpc) is 2.02. The van der Waals surface area contributed by atoms with Gasteiger partial charge in [-0.2, -0.15) is 11.8 Å². The van der Waals surface area contributed by atoms with Crippen LogP contribution in [0.4, 0.5) is 0 Å². The number of hydrogen-bond donors (Lipinski definition) is 1. The Morgan fingerprint density at radius 2 is 2.17 bits per heavy atom. The van der Waals surface area contributed by atoms with Gasteiger partial charge in [0.25, 0.3) is 0 Å². The molecule has 0 radical (unpaired) electrons. The summed E-state index contributed by atoms with van der Waals surface area (Å²) >= 11 is 1.71. The fourth-order valence-electron chi connectivity index (χ4n) is 1.07. The fourth-order valence-corrected chi connectivity index (χ4v) is 2.27. The van der Waals surface area contributed by atoms with E-state index >= 15 is 0 Å². The summed E-state index contributed by atoms with van der Waals surface area (Å²) in [6.07, 6.45) is 0. The molecule has 1 fully saturated rings. The van der Waals surface area contributed by atoms with E-state index in [2.05, 4.69) is 4.74 Å². The number of carbonyl (C=O) groups is 1. The highest BCUT2D eigenvalue weighted by molar-refractivity contribution is 8.00. The van der Waals surface area contributed by atoms with Gasteiger partial charge in [0.15, 0.2) is 0 Å². The number of carbonyl (C=O) groups excluding carboxylic acids is 1. The van der Waals surface area contributed by atoms with Crippen molar-refractivity contribution in [1.82, 2.24) is 0 Å².